The minimum atomic E-state index is -5.73. The first-order valence-corrected chi connectivity index (χ1v) is 6.12. The highest BCUT2D eigenvalue weighted by Crippen LogP contribution is 2.36. The largest absolute Gasteiger partial charge is 0.489 e. The van der Waals surface area contributed by atoms with Gasteiger partial charge >= 0.3 is 12.1 Å². The van der Waals surface area contributed by atoms with Gasteiger partial charge in [0, 0.05) is 0 Å². The third-order valence-electron chi connectivity index (χ3n) is 2.65. The van der Waals surface area contributed by atoms with E-state index in [-0.39, 0.29) is 11.6 Å². The van der Waals surface area contributed by atoms with E-state index in [4.69, 9.17) is 4.74 Å². The lowest BCUT2D eigenvalue weighted by Crippen LogP contribution is -2.45. The van der Waals surface area contributed by atoms with Gasteiger partial charge in [0.25, 0.3) is 12.1 Å². The molecule has 24 heavy (non-hydrogen) atoms. The minimum absolute atomic E-state index is 0.0593. The van der Waals surface area contributed by atoms with Crippen molar-refractivity contribution in [3.8, 4) is 17.4 Å². The number of ether oxygens (including phenoxy) is 2. The number of alkyl halides is 6. The lowest BCUT2D eigenvalue weighted by Gasteiger charge is -2.22. The predicted molar refractivity (Wildman–Crippen MR) is 64.9 cm³/mol. The summed E-state index contributed by atoms with van der Waals surface area (Å²) in [4.78, 5) is 10.9. The van der Waals surface area contributed by atoms with Crippen LogP contribution < -0.4 is 9.47 Å². The van der Waals surface area contributed by atoms with Gasteiger partial charge in [-0.3, -0.25) is 0 Å². The fourth-order valence-electron chi connectivity index (χ4n) is 1.59. The number of hydrogen-bond donors (Lipinski definition) is 0. The maximum Gasteiger partial charge on any atom is 0.425 e. The van der Waals surface area contributed by atoms with Crippen LogP contribution in [0.2, 0.25) is 0 Å². The van der Waals surface area contributed by atoms with Crippen molar-refractivity contribution in [3.63, 3.8) is 0 Å². The molecule has 0 radical (unpaired) electrons. The standard InChI is InChI=1S/C11H9F6N5O2/c1-23-6-7(22-5-18-3-21-22)19-4-20-8(6)24-2-10(13,14)9(12)11(15,16)17/h3-5,9H,2H2,1H3. The maximum atomic E-state index is 13.3. The first-order valence-electron chi connectivity index (χ1n) is 6.12. The monoisotopic (exact) mass is 357 g/mol. The second-order valence-electron chi connectivity index (χ2n) is 4.33. The first-order chi connectivity index (χ1) is 11.2. The summed E-state index contributed by atoms with van der Waals surface area (Å²) >= 11 is 0. The van der Waals surface area contributed by atoms with Gasteiger partial charge in [-0.25, -0.2) is 14.4 Å². The summed E-state index contributed by atoms with van der Waals surface area (Å²) in [6, 6.07) is 0. The number of halogens is 6. The van der Waals surface area contributed by atoms with Gasteiger partial charge in [0.1, 0.15) is 19.0 Å². The second kappa shape index (κ2) is 6.49. The molecule has 2 heterocycles. The molecule has 0 N–H and O–H groups in total. The predicted octanol–water partition coefficient (Wildman–Crippen LogP) is 1.98. The van der Waals surface area contributed by atoms with Crippen LogP contribution in [0.1, 0.15) is 0 Å². The lowest BCUT2D eigenvalue weighted by atomic mass is 10.2. The van der Waals surface area contributed by atoms with Gasteiger partial charge < -0.3 is 9.47 Å². The Morgan fingerprint density at radius 2 is 1.88 bits per heavy atom. The first kappa shape index (κ1) is 17.7. The van der Waals surface area contributed by atoms with Gasteiger partial charge in [-0.2, -0.15) is 36.7 Å². The van der Waals surface area contributed by atoms with E-state index in [0.717, 1.165) is 24.4 Å². The van der Waals surface area contributed by atoms with Crippen molar-refractivity contribution in [2.24, 2.45) is 0 Å². The molecule has 0 aliphatic carbocycles. The van der Waals surface area contributed by atoms with Crippen molar-refractivity contribution in [1.82, 2.24) is 24.7 Å². The third kappa shape index (κ3) is 3.65. The van der Waals surface area contributed by atoms with Gasteiger partial charge in [-0.05, 0) is 0 Å². The molecule has 1 atom stereocenters. The molecule has 1 unspecified atom stereocenters. The van der Waals surface area contributed by atoms with Gasteiger partial charge in [-0.15, -0.1) is 0 Å². The molecule has 13 heteroatoms. The smallest absolute Gasteiger partial charge is 0.425 e. The van der Waals surface area contributed by atoms with Crippen LogP contribution in [0, 0.1) is 0 Å². The summed E-state index contributed by atoms with van der Waals surface area (Å²) < 4.78 is 86.1. The van der Waals surface area contributed by atoms with Crippen LogP contribution >= 0.6 is 0 Å². The Labute approximate surface area is 130 Å². The van der Waals surface area contributed by atoms with E-state index >= 15 is 0 Å². The van der Waals surface area contributed by atoms with E-state index in [1.807, 2.05) is 0 Å². The molecule has 0 aromatic carbocycles. The van der Waals surface area contributed by atoms with Gasteiger partial charge in [0.05, 0.1) is 7.11 Å². The van der Waals surface area contributed by atoms with Crippen LogP contribution in [-0.4, -0.2) is 56.7 Å². The fraction of sp³-hybridized carbons (Fsp3) is 0.455. The molecule has 0 bridgehead atoms. The zero-order valence-corrected chi connectivity index (χ0v) is 11.8. The van der Waals surface area contributed by atoms with Crippen LogP contribution in [0.15, 0.2) is 19.0 Å². The fourth-order valence-corrected chi connectivity index (χ4v) is 1.59. The van der Waals surface area contributed by atoms with Crippen molar-refractivity contribution in [2.45, 2.75) is 18.3 Å². The second-order valence-corrected chi connectivity index (χ2v) is 4.33. The van der Waals surface area contributed by atoms with Crippen LogP contribution in [0.5, 0.6) is 11.6 Å². The van der Waals surface area contributed by atoms with Crippen LogP contribution in [-0.2, 0) is 0 Å². The molecule has 0 spiro atoms. The van der Waals surface area contributed by atoms with Crippen molar-refractivity contribution >= 4 is 0 Å². The Balaban J connectivity index is 2.23. The number of methoxy groups -OCH3 is 1. The molecule has 0 saturated heterocycles. The van der Waals surface area contributed by atoms with E-state index in [0.29, 0.717) is 0 Å². The highest BCUT2D eigenvalue weighted by molar-refractivity contribution is 5.46. The number of nitrogens with zero attached hydrogens (tertiary/aromatic N) is 5. The van der Waals surface area contributed by atoms with Crippen molar-refractivity contribution in [1.29, 1.82) is 0 Å². The van der Waals surface area contributed by atoms with Crippen molar-refractivity contribution in [2.75, 3.05) is 13.7 Å². The average molecular weight is 357 g/mol. The Kier molecular flexibility index (Phi) is 4.80. The molecule has 0 saturated carbocycles. The summed E-state index contributed by atoms with van der Waals surface area (Å²) in [5, 5.41) is 3.73. The molecular formula is C11H9F6N5O2. The van der Waals surface area contributed by atoms with E-state index in [2.05, 4.69) is 24.8 Å². The summed E-state index contributed by atoms with van der Waals surface area (Å²) in [6.07, 6.45) is -6.89. The number of hydrogen-bond acceptors (Lipinski definition) is 6. The number of aromatic nitrogens is 5. The lowest BCUT2D eigenvalue weighted by molar-refractivity contribution is -0.250. The van der Waals surface area contributed by atoms with Crippen LogP contribution in [0.4, 0.5) is 26.3 Å². The molecular weight excluding hydrogens is 348 g/mol. The average Bonchev–Trinajstić information content (AvgIpc) is 3.05. The topological polar surface area (TPSA) is 75.0 Å². The summed E-state index contributed by atoms with van der Waals surface area (Å²) in [5.74, 6) is -5.77. The third-order valence-corrected chi connectivity index (χ3v) is 2.65. The summed E-state index contributed by atoms with van der Waals surface area (Å²) in [7, 11) is 1.12. The van der Waals surface area contributed by atoms with Crippen molar-refractivity contribution in [3.05, 3.63) is 19.0 Å². The molecule has 0 fully saturated rings. The number of rotatable bonds is 6. The van der Waals surface area contributed by atoms with E-state index in [1.54, 1.807) is 0 Å². The maximum absolute atomic E-state index is 13.3. The Morgan fingerprint density at radius 1 is 1.17 bits per heavy atom. The van der Waals surface area contributed by atoms with Gasteiger partial charge in [0.15, 0.2) is 6.61 Å². The Bertz CT molecular complexity index is 678. The van der Waals surface area contributed by atoms with Crippen LogP contribution in [0.3, 0.4) is 0 Å². The zero-order valence-electron chi connectivity index (χ0n) is 11.8. The minimum Gasteiger partial charge on any atom is -0.489 e. The molecule has 0 amide bonds. The molecule has 2 aromatic rings. The normalized spacial score (nSPS) is 13.6. The summed E-state index contributed by atoms with van der Waals surface area (Å²) in [6.45, 7) is -1.90. The SMILES string of the molecule is COc1c(OCC(F)(F)C(F)C(F)(F)F)ncnc1-n1cncn1. The zero-order chi connectivity index (χ0) is 18.0. The Morgan fingerprint density at radius 3 is 2.42 bits per heavy atom. The Hall–Kier alpha value is -2.60. The van der Waals surface area contributed by atoms with Gasteiger partial charge in [-0.1, -0.05) is 0 Å². The highest BCUT2D eigenvalue weighted by Gasteiger charge is 2.57. The van der Waals surface area contributed by atoms with E-state index in [1.165, 1.54) is 6.33 Å². The molecule has 2 aromatic heterocycles. The molecule has 132 valence electrons. The molecule has 2 rings (SSSR count). The molecule has 0 aliphatic rings. The quantitative estimate of drug-likeness (QED) is 0.736. The summed E-state index contributed by atoms with van der Waals surface area (Å²) in [5.41, 5.74) is 0. The highest BCUT2D eigenvalue weighted by atomic mass is 19.4. The molecule has 0 aliphatic heterocycles. The van der Waals surface area contributed by atoms with Gasteiger partial charge in [0.2, 0.25) is 11.6 Å². The molecule has 7 nitrogen and oxygen atoms in total. The van der Waals surface area contributed by atoms with Crippen molar-refractivity contribution < 1.29 is 35.8 Å². The van der Waals surface area contributed by atoms with Crippen LogP contribution in [0.25, 0.3) is 5.82 Å². The van der Waals surface area contributed by atoms with E-state index in [9.17, 15) is 26.3 Å². The van der Waals surface area contributed by atoms with E-state index < -0.39 is 30.8 Å².